The molecule has 4 nitrogen and oxygen atoms in total. The van der Waals surface area contributed by atoms with Crippen molar-refractivity contribution in [3.8, 4) is 11.5 Å². The third-order valence-electron chi connectivity index (χ3n) is 4.66. The summed E-state index contributed by atoms with van der Waals surface area (Å²) < 4.78 is 11.9. The standard InChI is InChI=1S/C25H33NO3/c1-19(2)26(20(3)4)16-11-17-28-23-14-9-10-15-24(23)29-25(21(5)27)18-22-12-7-6-8-13-22/h6-10,12-15,18-20H,11,16-17H2,1-5H3/b25-18-. The molecule has 0 atom stereocenters. The lowest BCUT2D eigenvalue weighted by Gasteiger charge is -2.30. The average molecular weight is 396 g/mol. The molecule has 0 unspecified atom stereocenters. The number of hydrogen-bond acceptors (Lipinski definition) is 4. The van der Waals surface area contributed by atoms with Crippen LogP contribution in [0.3, 0.4) is 0 Å². The Labute approximate surface area is 175 Å². The number of ketones is 1. The topological polar surface area (TPSA) is 38.8 Å². The second-order valence-corrected chi connectivity index (χ2v) is 7.65. The van der Waals surface area contributed by atoms with Gasteiger partial charge in [-0.15, -0.1) is 0 Å². The van der Waals surface area contributed by atoms with E-state index in [0.717, 1.165) is 18.5 Å². The second-order valence-electron chi connectivity index (χ2n) is 7.65. The van der Waals surface area contributed by atoms with Gasteiger partial charge in [-0.2, -0.15) is 0 Å². The van der Waals surface area contributed by atoms with Crippen molar-refractivity contribution in [1.29, 1.82) is 0 Å². The lowest BCUT2D eigenvalue weighted by Crippen LogP contribution is -2.38. The molecule has 29 heavy (non-hydrogen) atoms. The number of hydrogen-bond donors (Lipinski definition) is 0. The maximum absolute atomic E-state index is 12.1. The van der Waals surface area contributed by atoms with Crippen molar-refractivity contribution in [2.24, 2.45) is 0 Å². The number of carbonyl (C=O) groups is 1. The molecule has 0 saturated heterocycles. The normalized spacial score (nSPS) is 11.9. The number of carbonyl (C=O) groups excluding carboxylic acids is 1. The van der Waals surface area contributed by atoms with Crippen LogP contribution in [0, 0.1) is 0 Å². The van der Waals surface area contributed by atoms with Crippen LogP contribution in [0.25, 0.3) is 6.08 Å². The van der Waals surface area contributed by atoms with Crippen LogP contribution in [-0.4, -0.2) is 35.9 Å². The Morgan fingerprint density at radius 2 is 1.52 bits per heavy atom. The Hall–Kier alpha value is -2.59. The highest BCUT2D eigenvalue weighted by atomic mass is 16.5. The fourth-order valence-corrected chi connectivity index (χ4v) is 3.22. The number of nitrogens with zero attached hydrogens (tertiary/aromatic N) is 1. The molecule has 4 heteroatoms. The maximum atomic E-state index is 12.1. The Kier molecular flexibility index (Phi) is 8.94. The van der Waals surface area contributed by atoms with Gasteiger partial charge in [0.2, 0.25) is 0 Å². The minimum atomic E-state index is -0.131. The van der Waals surface area contributed by atoms with Crippen molar-refractivity contribution in [3.05, 3.63) is 65.9 Å². The fourth-order valence-electron chi connectivity index (χ4n) is 3.22. The molecule has 0 N–H and O–H groups in total. The minimum absolute atomic E-state index is 0.131. The first-order valence-electron chi connectivity index (χ1n) is 10.3. The van der Waals surface area contributed by atoms with Crippen LogP contribution in [0.2, 0.25) is 0 Å². The number of benzene rings is 2. The summed E-state index contributed by atoms with van der Waals surface area (Å²) in [7, 11) is 0. The molecule has 0 aliphatic heterocycles. The number of Topliss-reactive ketones (excluding diaryl/α,β-unsaturated/α-hetero) is 1. The number of rotatable bonds is 11. The van der Waals surface area contributed by atoms with Gasteiger partial charge >= 0.3 is 0 Å². The van der Waals surface area contributed by atoms with Crippen LogP contribution in [0.5, 0.6) is 11.5 Å². The zero-order valence-electron chi connectivity index (χ0n) is 18.2. The van der Waals surface area contributed by atoms with Crippen molar-refractivity contribution in [2.75, 3.05) is 13.2 Å². The van der Waals surface area contributed by atoms with Crippen molar-refractivity contribution < 1.29 is 14.3 Å². The third kappa shape index (κ3) is 7.39. The number of para-hydroxylation sites is 2. The number of allylic oxidation sites excluding steroid dienone is 1. The van der Waals surface area contributed by atoms with Crippen LogP contribution in [0.15, 0.2) is 60.4 Å². The van der Waals surface area contributed by atoms with E-state index < -0.39 is 0 Å². The third-order valence-corrected chi connectivity index (χ3v) is 4.66. The molecule has 156 valence electrons. The molecule has 0 fully saturated rings. The summed E-state index contributed by atoms with van der Waals surface area (Å²) in [5.41, 5.74) is 0.915. The van der Waals surface area contributed by atoms with Gasteiger partial charge in [-0.1, -0.05) is 42.5 Å². The van der Waals surface area contributed by atoms with Crippen LogP contribution in [0.4, 0.5) is 0 Å². The Morgan fingerprint density at radius 3 is 2.10 bits per heavy atom. The Bertz CT molecular complexity index is 789. The van der Waals surface area contributed by atoms with Gasteiger partial charge in [0.1, 0.15) is 0 Å². The van der Waals surface area contributed by atoms with E-state index in [9.17, 15) is 4.79 Å². The molecule has 2 aromatic rings. The summed E-state index contributed by atoms with van der Waals surface area (Å²) in [5.74, 6) is 1.36. The quantitative estimate of drug-likeness (QED) is 0.283. The van der Waals surface area contributed by atoms with E-state index in [-0.39, 0.29) is 11.5 Å². The molecule has 2 aromatic carbocycles. The molecular formula is C25H33NO3. The number of ether oxygens (including phenoxy) is 2. The molecule has 2 rings (SSSR count). The molecule has 0 bridgehead atoms. The van der Waals surface area contributed by atoms with Gasteiger partial charge < -0.3 is 9.47 Å². The van der Waals surface area contributed by atoms with Gasteiger partial charge in [-0.3, -0.25) is 9.69 Å². The van der Waals surface area contributed by atoms with Gasteiger partial charge in [0.25, 0.3) is 0 Å². The lowest BCUT2D eigenvalue weighted by molar-refractivity contribution is -0.115. The van der Waals surface area contributed by atoms with Crippen LogP contribution in [-0.2, 0) is 4.79 Å². The Morgan fingerprint density at radius 1 is 0.931 bits per heavy atom. The lowest BCUT2D eigenvalue weighted by atomic mass is 10.2. The first-order chi connectivity index (χ1) is 13.9. The molecule has 0 aromatic heterocycles. The van der Waals surface area contributed by atoms with E-state index in [0.29, 0.717) is 30.2 Å². The van der Waals surface area contributed by atoms with Gasteiger partial charge in [0.15, 0.2) is 23.0 Å². The van der Waals surface area contributed by atoms with Crippen molar-refractivity contribution >= 4 is 11.9 Å². The van der Waals surface area contributed by atoms with E-state index in [4.69, 9.17) is 9.47 Å². The van der Waals surface area contributed by atoms with Crippen molar-refractivity contribution in [3.63, 3.8) is 0 Å². The molecular weight excluding hydrogens is 362 g/mol. The van der Waals surface area contributed by atoms with Gasteiger partial charge in [0, 0.05) is 25.6 Å². The monoisotopic (exact) mass is 395 g/mol. The maximum Gasteiger partial charge on any atom is 0.194 e. The van der Waals surface area contributed by atoms with E-state index >= 15 is 0 Å². The minimum Gasteiger partial charge on any atom is -0.490 e. The van der Waals surface area contributed by atoms with Crippen molar-refractivity contribution in [2.45, 2.75) is 53.1 Å². The summed E-state index contributed by atoms with van der Waals surface area (Å²) >= 11 is 0. The van der Waals surface area contributed by atoms with Crippen LogP contribution in [0.1, 0.15) is 46.6 Å². The van der Waals surface area contributed by atoms with E-state index in [1.165, 1.54) is 6.92 Å². The van der Waals surface area contributed by atoms with E-state index in [1.807, 2.05) is 54.6 Å². The SMILES string of the molecule is CC(=O)/C(=C/c1ccccc1)Oc1ccccc1OCCCN(C(C)C)C(C)C. The second kappa shape index (κ2) is 11.4. The largest absolute Gasteiger partial charge is 0.490 e. The molecule has 0 spiro atoms. The zero-order chi connectivity index (χ0) is 21.2. The predicted molar refractivity (Wildman–Crippen MR) is 119 cm³/mol. The summed E-state index contributed by atoms with van der Waals surface area (Å²) in [6.45, 7) is 11.9. The smallest absolute Gasteiger partial charge is 0.194 e. The molecule has 0 aliphatic rings. The van der Waals surface area contributed by atoms with E-state index in [1.54, 1.807) is 6.08 Å². The molecule has 0 amide bonds. The van der Waals surface area contributed by atoms with Crippen molar-refractivity contribution in [1.82, 2.24) is 4.90 Å². The summed E-state index contributed by atoms with van der Waals surface area (Å²) in [4.78, 5) is 14.5. The highest BCUT2D eigenvalue weighted by Crippen LogP contribution is 2.29. The highest BCUT2D eigenvalue weighted by Gasteiger charge is 2.14. The molecule has 0 heterocycles. The van der Waals surface area contributed by atoms with Crippen LogP contribution < -0.4 is 9.47 Å². The highest BCUT2D eigenvalue weighted by molar-refractivity contribution is 5.96. The first kappa shape index (κ1) is 22.7. The van der Waals surface area contributed by atoms with Gasteiger partial charge in [-0.05, 0) is 57.9 Å². The van der Waals surface area contributed by atoms with Gasteiger partial charge in [0.05, 0.1) is 6.61 Å². The zero-order valence-corrected chi connectivity index (χ0v) is 18.2. The Balaban J connectivity index is 2.04. The molecule has 0 aliphatic carbocycles. The fraction of sp³-hybridized carbons (Fsp3) is 0.400. The first-order valence-corrected chi connectivity index (χ1v) is 10.3. The summed E-state index contributed by atoms with van der Waals surface area (Å²) in [6.07, 6.45) is 2.67. The predicted octanol–water partition coefficient (Wildman–Crippen LogP) is 5.58. The molecule has 0 saturated carbocycles. The average Bonchev–Trinajstić information content (AvgIpc) is 2.68. The summed E-state index contributed by atoms with van der Waals surface area (Å²) in [5, 5.41) is 0. The summed E-state index contributed by atoms with van der Waals surface area (Å²) in [6, 6.07) is 18.2. The van der Waals surface area contributed by atoms with Gasteiger partial charge in [-0.25, -0.2) is 0 Å². The van der Waals surface area contributed by atoms with Crippen LogP contribution >= 0.6 is 0 Å². The molecule has 0 radical (unpaired) electrons. The van der Waals surface area contributed by atoms with E-state index in [2.05, 4.69) is 32.6 Å².